The maximum Gasteiger partial charge on any atom is 0.263 e. The predicted octanol–water partition coefficient (Wildman–Crippen LogP) is 2.40. The van der Waals surface area contributed by atoms with E-state index in [1.54, 1.807) is 12.1 Å². The van der Waals surface area contributed by atoms with E-state index in [2.05, 4.69) is 0 Å². The van der Waals surface area contributed by atoms with Crippen LogP contribution in [0.1, 0.15) is 13.8 Å². The molecule has 1 fully saturated rings. The van der Waals surface area contributed by atoms with Gasteiger partial charge in [-0.3, -0.25) is 4.79 Å². The van der Waals surface area contributed by atoms with Crippen molar-refractivity contribution in [2.24, 2.45) is 0 Å². The van der Waals surface area contributed by atoms with Crippen LogP contribution in [0.15, 0.2) is 18.2 Å². The van der Waals surface area contributed by atoms with E-state index in [9.17, 15) is 13.2 Å². The molecule has 0 bridgehead atoms. The monoisotopic (exact) mass is 385 g/mol. The summed E-state index contributed by atoms with van der Waals surface area (Å²) in [6, 6.07) is 4.72. The van der Waals surface area contributed by atoms with Crippen LogP contribution in [-0.4, -0.2) is 19.1 Å². The van der Waals surface area contributed by atoms with E-state index >= 15 is 0 Å². The minimum absolute atomic E-state index is 0.360. The molecule has 2 rings (SSSR count). The topological polar surface area (TPSA) is 54.5 Å². The van der Waals surface area contributed by atoms with E-state index in [1.807, 2.05) is 22.6 Å². The minimum atomic E-state index is -3.60. The summed E-state index contributed by atoms with van der Waals surface area (Å²) in [5, 5.41) is 0.503. The molecule has 0 N–H and O–H groups in total. The Labute approximate surface area is 118 Å². The van der Waals surface area contributed by atoms with Crippen molar-refractivity contribution in [3.8, 4) is 0 Å². The molecule has 1 amide bonds. The smallest absolute Gasteiger partial charge is 0.263 e. The van der Waals surface area contributed by atoms with Crippen molar-refractivity contribution >= 4 is 55.8 Å². The van der Waals surface area contributed by atoms with Crippen molar-refractivity contribution in [3.63, 3.8) is 0 Å². The van der Waals surface area contributed by atoms with Gasteiger partial charge in [-0.1, -0.05) is 11.6 Å². The second-order valence-corrected chi connectivity index (χ2v) is 8.12. The summed E-state index contributed by atoms with van der Waals surface area (Å²) in [7, 11) is -3.60. The third kappa shape index (κ3) is 1.68. The SMILES string of the molecule is CC1(C)C(=O)N(c2ccc(Cl)cc2I)S1(=O)=O. The van der Waals surface area contributed by atoms with Crippen LogP contribution in [0, 0.1) is 3.57 Å². The Morgan fingerprint density at radius 3 is 2.41 bits per heavy atom. The molecule has 7 heteroatoms. The molecule has 17 heavy (non-hydrogen) atoms. The number of benzene rings is 1. The van der Waals surface area contributed by atoms with Crippen LogP contribution in [0.3, 0.4) is 0 Å². The molecule has 4 nitrogen and oxygen atoms in total. The van der Waals surface area contributed by atoms with E-state index in [1.165, 1.54) is 19.9 Å². The molecule has 0 radical (unpaired) electrons. The Kier molecular flexibility index (Phi) is 2.95. The lowest BCUT2D eigenvalue weighted by Crippen LogP contribution is -2.67. The van der Waals surface area contributed by atoms with Crippen LogP contribution in [0.2, 0.25) is 5.02 Å². The molecule has 0 saturated carbocycles. The van der Waals surface area contributed by atoms with Gasteiger partial charge in [0.25, 0.3) is 15.9 Å². The third-order valence-electron chi connectivity index (χ3n) is 2.71. The van der Waals surface area contributed by atoms with Crippen LogP contribution in [0.4, 0.5) is 5.69 Å². The quantitative estimate of drug-likeness (QED) is 0.698. The van der Waals surface area contributed by atoms with Crippen molar-refractivity contribution in [2.75, 3.05) is 4.31 Å². The normalized spacial score (nSPS) is 21.2. The van der Waals surface area contributed by atoms with Crippen LogP contribution in [0.5, 0.6) is 0 Å². The molecule has 92 valence electrons. The summed E-state index contributed by atoms with van der Waals surface area (Å²) < 4.78 is 24.1. The zero-order valence-electron chi connectivity index (χ0n) is 9.07. The fourth-order valence-electron chi connectivity index (χ4n) is 1.54. The summed E-state index contributed by atoms with van der Waals surface area (Å²) in [6.07, 6.45) is 0. The van der Waals surface area contributed by atoms with Gasteiger partial charge in [0.2, 0.25) is 0 Å². The van der Waals surface area contributed by atoms with Gasteiger partial charge in [0.05, 0.1) is 5.69 Å². The van der Waals surface area contributed by atoms with Crippen molar-refractivity contribution < 1.29 is 13.2 Å². The number of hydrogen-bond donors (Lipinski definition) is 0. The second kappa shape index (κ2) is 3.83. The number of amides is 1. The Balaban J connectivity index is 2.55. The molecular weight excluding hydrogens is 377 g/mol. The lowest BCUT2D eigenvalue weighted by Gasteiger charge is -2.43. The third-order valence-corrected chi connectivity index (χ3v) is 6.12. The summed E-state index contributed by atoms with van der Waals surface area (Å²) in [5.41, 5.74) is 0.360. The number of halogens is 2. The molecule has 0 aliphatic carbocycles. The number of anilines is 1. The number of rotatable bonds is 1. The van der Waals surface area contributed by atoms with Crippen LogP contribution in [0.25, 0.3) is 0 Å². The van der Waals surface area contributed by atoms with Gasteiger partial charge in [-0.15, -0.1) is 0 Å². The van der Waals surface area contributed by atoms with Gasteiger partial charge in [0, 0.05) is 8.59 Å². The Hall–Kier alpha value is -0.340. The van der Waals surface area contributed by atoms with Gasteiger partial charge >= 0.3 is 0 Å². The molecule has 1 aromatic carbocycles. The van der Waals surface area contributed by atoms with Gasteiger partial charge < -0.3 is 0 Å². The standard InChI is InChI=1S/C10H9ClINO3S/c1-10(2)9(14)13(17(10,15)16)8-4-3-6(11)5-7(8)12/h3-5H,1-2H3. The average Bonchev–Trinajstić information content (AvgIpc) is 2.21. The number of hydrogen-bond acceptors (Lipinski definition) is 3. The van der Waals surface area contributed by atoms with Gasteiger partial charge in [-0.05, 0) is 54.6 Å². The second-order valence-electron chi connectivity index (χ2n) is 4.18. The lowest BCUT2D eigenvalue weighted by molar-refractivity contribution is -0.120. The van der Waals surface area contributed by atoms with Gasteiger partial charge in [0.1, 0.15) is 0 Å². The number of carbonyl (C=O) groups is 1. The maximum atomic E-state index is 12.0. The lowest BCUT2D eigenvalue weighted by atomic mass is 10.1. The zero-order chi connectivity index (χ0) is 13.0. The highest BCUT2D eigenvalue weighted by molar-refractivity contribution is 14.1. The summed E-state index contributed by atoms with van der Waals surface area (Å²) >= 11 is 7.74. The summed E-state index contributed by atoms with van der Waals surface area (Å²) in [6.45, 7) is 2.81. The molecule has 0 unspecified atom stereocenters. The van der Waals surface area contributed by atoms with Crippen LogP contribution in [-0.2, 0) is 14.8 Å². The van der Waals surface area contributed by atoms with Gasteiger partial charge in [0.15, 0.2) is 4.75 Å². The Morgan fingerprint density at radius 2 is 1.94 bits per heavy atom. The fourth-order valence-corrected chi connectivity index (χ4v) is 4.32. The van der Waals surface area contributed by atoms with Crippen molar-refractivity contribution in [1.82, 2.24) is 0 Å². The van der Waals surface area contributed by atoms with Gasteiger partial charge in [-0.2, -0.15) is 0 Å². The fraction of sp³-hybridized carbons (Fsp3) is 0.300. The van der Waals surface area contributed by atoms with E-state index in [0.29, 0.717) is 14.3 Å². The largest absolute Gasteiger partial charge is 0.272 e. The van der Waals surface area contributed by atoms with Crippen molar-refractivity contribution in [2.45, 2.75) is 18.6 Å². The molecule has 0 aromatic heterocycles. The van der Waals surface area contributed by atoms with E-state index in [0.717, 1.165) is 4.31 Å². The predicted molar refractivity (Wildman–Crippen MR) is 74.7 cm³/mol. The van der Waals surface area contributed by atoms with Crippen molar-refractivity contribution in [3.05, 3.63) is 26.8 Å². The molecule has 1 aromatic rings. The zero-order valence-corrected chi connectivity index (χ0v) is 12.8. The minimum Gasteiger partial charge on any atom is -0.272 e. The van der Waals surface area contributed by atoms with Crippen LogP contribution < -0.4 is 4.31 Å². The van der Waals surface area contributed by atoms with E-state index in [-0.39, 0.29) is 0 Å². The van der Waals surface area contributed by atoms with E-state index in [4.69, 9.17) is 11.6 Å². The number of sulfonamides is 1. The molecule has 1 aliphatic heterocycles. The van der Waals surface area contributed by atoms with Crippen molar-refractivity contribution in [1.29, 1.82) is 0 Å². The van der Waals surface area contributed by atoms with Gasteiger partial charge in [-0.25, -0.2) is 12.7 Å². The highest BCUT2D eigenvalue weighted by Gasteiger charge is 2.61. The first-order valence-corrected chi connectivity index (χ1v) is 7.63. The first kappa shape index (κ1) is 13.1. The summed E-state index contributed by atoms with van der Waals surface area (Å²) in [5.74, 6) is -0.419. The Morgan fingerprint density at radius 1 is 1.35 bits per heavy atom. The Bertz CT molecular complexity index is 612. The highest BCUT2D eigenvalue weighted by Crippen LogP contribution is 2.41. The van der Waals surface area contributed by atoms with E-state index < -0.39 is 20.7 Å². The molecule has 1 heterocycles. The first-order chi connectivity index (χ1) is 7.69. The molecule has 0 atom stereocenters. The van der Waals surface area contributed by atoms with Crippen LogP contribution >= 0.6 is 34.2 Å². The molecule has 1 saturated heterocycles. The average molecular weight is 386 g/mol. The highest BCUT2D eigenvalue weighted by atomic mass is 127. The number of nitrogens with zero attached hydrogens (tertiary/aromatic N) is 1. The molecule has 0 spiro atoms. The number of carbonyl (C=O) groups excluding carboxylic acids is 1. The maximum absolute atomic E-state index is 12.0. The molecule has 1 aliphatic rings. The first-order valence-electron chi connectivity index (χ1n) is 4.74. The molecular formula is C10H9ClINO3S. The summed E-state index contributed by atoms with van der Waals surface area (Å²) in [4.78, 5) is 11.8.